The average Bonchev–Trinajstić information content (AvgIpc) is 2.78. The second-order valence-corrected chi connectivity index (χ2v) is 9.88. The van der Waals surface area contributed by atoms with E-state index < -0.39 is 16.0 Å². The maximum absolute atomic E-state index is 12.9. The van der Waals surface area contributed by atoms with Gasteiger partial charge in [0.25, 0.3) is 10.0 Å². The molecule has 1 fully saturated rings. The number of hydrogen-bond donors (Lipinski definition) is 2. The monoisotopic (exact) mass is 443 g/mol. The van der Waals surface area contributed by atoms with E-state index in [0.717, 1.165) is 64.0 Å². The largest absolute Gasteiger partial charge is 0.478 e. The predicted molar refractivity (Wildman–Crippen MR) is 122 cm³/mol. The highest BCUT2D eigenvalue weighted by molar-refractivity contribution is 7.92. The Labute approximate surface area is 183 Å². The van der Waals surface area contributed by atoms with Gasteiger partial charge in [-0.3, -0.25) is 4.72 Å². The number of nitrogens with one attached hydrogen (secondary N) is 1. The summed E-state index contributed by atoms with van der Waals surface area (Å²) in [5, 5.41) is 9.75. The molecule has 2 aromatic carbocycles. The lowest BCUT2D eigenvalue weighted by Gasteiger charge is -2.36. The Kier molecular flexibility index (Phi) is 6.20. The number of piperazine rings is 1. The summed E-state index contributed by atoms with van der Waals surface area (Å²) in [7, 11) is -3.80. The topological polar surface area (TPSA) is 90.0 Å². The van der Waals surface area contributed by atoms with Crippen LogP contribution in [0.25, 0.3) is 0 Å². The third-order valence-electron chi connectivity index (χ3n) is 6.27. The van der Waals surface area contributed by atoms with Gasteiger partial charge in [-0.15, -0.1) is 0 Å². The van der Waals surface area contributed by atoms with Crippen LogP contribution in [0.15, 0.2) is 41.3 Å². The van der Waals surface area contributed by atoms with Crippen molar-refractivity contribution >= 4 is 27.4 Å². The van der Waals surface area contributed by atoms with Crippen molar-refractivity contribution < 1.29 is 18.3 Å². The molecule has 1 saturated heterocycles. The number of sulfonamides is 1. The Hall–Kier alpha value is -2.58. The van der Waals surface area contributed by atoms with Gasteiger partial charge >= 0.3 is 5.97 Å². The molecule has 1 heterocycles. The number of hydrogen-bond acceptors (Lipinski definition) is 5. The Morgan fingerprint density at radius 2 is 1.71 bits per heavy atom. The van der Waals surface area contributed by atoms with Crippen LogP contribution >= 0.6 is 0 Å². The molecule has 4 rings (SSSR count). The maximum atomic E-state index is 12.9. The van der Waals surface area contributed by atoms with Crippen LogP contribution in [-0.4, -0.2) is 57.1 Å². The standard InChI is InChI=1S/C23H29N3O4S/c1-2-25-11-13-26(14-12-25)22-10-8-19(16-21(22)23(27)28)24-31(29,30)20-9-7-17-5-3-4-6-18(17)15-20/h7-10,15-16,24H,2-6,11-14H2,1H3,(H,27,28). The summed E-state index contributed by atoms with van der Waals surface area (Å²) in [6.07, 6.45) is 4.08. The fraction of sp³-hybridized carbons (Fsp3) is 0.435. The summed E-state index contributed by atoms with van der Waals surface area (Å²) >= 11 is 0. The first kappa shape index (κ1) is 21.6. The molecule has 0 unspecified atom stereocenters. The van der Waals surface area contributed by atoms with Gasteiger partial charge in [0.15, 0.2) is 0 Å². The molecule has 0 amide bonds. The van der Waals surface area contributed by atoms with Crippen LogP contribution in [0.1, 0.15) is 41.3 Å². The molecule has 1 aliphatic carbocycles. The highest BCUT2D eigenvalue weighted by Gasteiger charge is 2.23. The number of nitrogens with zero attached hydrogens (tertiary/aromatic N) is 2. The maximum Gasteiger partial charge on any atom is 0.337 e. The highest BCUT2D eigenvalue weighted by atomic mass is 32.2. The van der Waals surface area contributed by atoms with Crippen LogP contribution in [0, 0.1) is 0 Å². The Morgan fingerprint density at radius 3 is 2.39 bits per heavy atom. The van der Waals surface area contributed by atoms with Gasteiger partial charge in [0, 0.05) is 31.9 Å². The van der Waals surface area contributed by atoms with Crippen molar-refractivity contribution in [3.63, 3.8) is 0 Å². The van der Waals surface area contributed by atoms with Gasteiger partial charge in [0.1, 0.15) is 0 Å². The number of anilines is 2. The van der Waals surface area contributed by atoms with Crippen LogP contribution < -0.4 is 9.62 Å². The van der Waals surface area contributed by atoms with Crippen LogP contribution in [0.5, 0.6) is 0 Å². The number of carboxylic acids is 1. The van der Waals surface area contributed by atoms with E-state index in [1.54, 1.807) is 24.3 Å². The molecule has 0 radical (unpaired) electrons. The highest BCUT2D eigenvalue weighted by Crippen LogP contribution is 2.28. The van der Waals surface area contributed by atoms with E-state index in [1.165, 1.54) is 11.6 Å². The van der Waals surface area contributed by atoms with Crippen LogP contribution in [0.4, 0.5) is 11.4 Å². The van der Waals surface area contributed by atoms with Crippen molar-refractivity contribution in [2.24, 2.45) is 0 Å². The minimum atomic E-state index is -3.80. The van der Waals surface area contributed by atoms with Gasteiger partial charge in [0.05, 0.1) is 16.1 Å². The van der Waals surface area contributed by atoms with Crippen LogP contribution in [-0.2, 0) is 22.9 Å². The fourth-order valence-corrected chi connectivity index (χ4v) is 5.54. The van der Waals surface area contributed by atoms with Gasteiger partial charge in [0.2, 0.25) is 0 Å². The van der Waals surface area contributed by atoms with Crippen molar-refractivity contribution in [2.45, 2.75) is 37.5 Å². The van der Waals surface area contributed by atoms with E-state index in [0.29, 0.717) is 5.69 Å². The average molecular weight is 444 g/mol. The first-order chi connectivity index (χ1) is 14.9. The molecule has 0 atom stereocenters. The lowest BCUT2D eigenvalue weighted by atomic mass is 9.92. The molecule has 2 N–H and O–H groups in total. The zero-order valence-electron chi connectivity index (χ0n) is 17.8. The number of aromatic carboxylic acids is 1. The molecule has 7 nitrogen and oxygen atoms in total. The van der Waals surface area contributed by atoms with Gasteiger partial charge < -0.3 is 14.9 Å². The summed E-state index contributed by atoms with van der Waals surface area (Å²) in [5.74, 6) is -1.07. The second-order valence-electron chi connectivity index (χ2n) is 8.20. The lowest BCUT2D eigenvalue weighted by Crippen LogP contribution is -2.46. The fourth-order valence-electron chi connectivity index (χ4n) is 4.44. The Balaban J connectivity index is 1.57. The van der Waals surface area contributed by atoms with Crippen molar-refractivity contribution in [3.05, 3.63) is 53.1 Å². The molecule has 0 spiro atoms. The molecule has 31 heavy (non-hydrogen) atoms. The zero-order valence-corrected chi connectivity index (χ0v) is 18.6. The van der Waals surface area contributed by atoms with E-state index in [4.69, 9.17) is 0 Å². The van der Waals surface area contributed by atoms with Gasteiger partial charge in [-0.2, -0.15) is 0 Å². The van der Waals surface area contributed by atoms with E-state index in [1.807, 2.05) is 6.07 Å². The SMILES string of the molecule is CCN1CCN(c2ccc(NS(=O)(=O)c3ccc4c(c3)CCCC4)cc2C(=O)O)CC1. The number of aryl methyl sites for hydroxylation is 2. The van der Waals surface area contributed by atoms with Crippen LogP contribution in [0.2, 0.25) is 0 Å². The number of benzene rings is 2. The normalized spacial score (nSPS) is 17.3. The number of carbonyl (C=O) groups is 1. The summed E-state index contributed by atoms with van der Waals surface area (Å²) in [6.45, 7) is 6.33. The third kappa shape index (κ3) is 4.70. The van der Waals surface area contributed by atoms with E-state index in [2.05, 4.69) is 21.4 Å². The summed E-state index contributed by atoms with van der Waals surface area (Å²) < 4.78 is 28.5. The molecular formula is C23H29N3O4S. The summed E-state index contributed by atoms with van der Waals surface area (Å²) in [6, 6.07) is 10.0. The van der Waals surface area contributed by atoms with Crippen molar-refractivity contribution in [2.75, 3.05) is 42.3 Å². The predicted octanol–water partition coefficient (Wildman–Crippen LogP) is 3.21. The molecular weight excluding hydrogens is 414 g/mol. The van der Waals surface area contributed by atoms with Gasteiger partial charge in [-0.25, -0.2) is 13.2 Å². The number of fused-ring (bicyclic) bond motifs is 1. The molecule has 8 heteroatoms. The van der Waals surface area contributed by atoms with Crippen molar-refractivity contribution in [1.82, 2.24) is 4.90 Å². The number of carboxylic acid groups (broad SMARTS) is 1. The first-order valence-electron chi connectivity index (χ1n) is 10.9. The van der Waals surface area contributed by atoms with Gasteiger partial charge in [-0.1, -0.05) is 13.0 Å². The molecule has 0 bridgehead atoms. The van der Waals surface area contributed by atoms with E-state index in [-0.39, 0.29) is 16.1 Å². The lowest BCUT2D eigenvalue weighted by molar-refractivity contribution is 0.0697. The molecule has 0 saturated carbocycles. The molecule has 0 aromatic heterocycles. The molecule has 2 aromatic rings. The summed E-state index contributed by atoms with van der Waals surface area (Å²) in [5.41, 5.74) is 3.29. The Bertz CT molecular complexity index is 1080. The van der Waals surface area contributed by atoms with Gasteiger partial charge in [-0.05, 0) is 73.7 Å². The smallest absolute Gasteiger partial charge is 0.337 e. The van der Waals surface area contributed by atoms with Crippen molar-refractivity contribution in [3.8, 4) is 0 Å². The first-order valence-corrected chi connectivity index (χ1v) is 12.3. The molecule has 1 aliphatic heterocycles. The quantitative estimate of drug-likeness (QED) is 0.713. The van der Waals surface area contributed by atoms with E-state index in [9.17, 15) is 18.3 Å². The second kappa shape index (κ2) is 8.88. The summed E-state index contributed by atoms with van der Waals surface area (Å²) in [4.78, 5) is 16.5. The van der Waals surface area contributed by atoms with Crippen LogP contribution in [0.3, 0.4) is 0 Å². The molecule has 166 valence electrons. The Morgan fingerprint density at radius 1 is 1.00 bits per heavy atom. The number of rotatable bonds is 6. The zero-order chi connectivity index (χ0) is 22.0. The number of likely N-dealkylation sites (N-methyl/N-ethyl adjacent to an activating group) is 1. The minimum absolute atomic E-state index is 0.107. The van der Waals surface area contributed by atoms with Crippen molar-refractivity contribution in [1.29, 1.82) is 0 Å². The third-order valence-corrected chi connectivity index (χ3v) is 7.65. The van der Waals surface area contributed by atoms with E-state index >= 15 is 0 Å². The molecule has 2 aliphatic rings. The minimum Gasteiger partial charge on any atom is -0.478 e.